The van der Waals surface area contributed by atoms with Crippen molar-refractivity contribution >= 4 is 50.7 Å². The number of rotatable bonds is 7. The molecule has 4 rings (SSSR count). The summed E-state index contributed by atoms with van der Waals surface area (Å²) in [6.07, 6.45) is 0.800. The highest BCUT2D eigenvalue weighted by atomic mass is 35.5. The van der Waals surface area contributed by atoms with Crippen LogP contribution in [0.25, 0.3) is 10.2 Å². The second kappa shape index (κ2) is 10.6. The Kier molecular flexibility index (Phi) is 7.91. The van der Waals surface area contributed by atoms with Gasteiger partial charge in [0.05, 0.1) is 28.4 Å². The van der Waals surface area contributed by atoms with Gasteiger partial charge in [-0.3, -0.25) is 24.7 Å². The fraction of sp³-hybridized carbons (Fsp3) is 0.333. The number of carbonyl (C=O) groups is 1. The number of halogens is 1. The Balaban J connectivity index is 0.00000272. The molecular weight excluding hydrogens is 440 g/mol. The van der Waals surface area contributed by atoms with E-state index in [-0.39, 0.29) is 24.0 Å². The van der Waals surface area contributed by atoms with Gasteiger partial charge in [-0.25, -0.2) is 4.98 Å². The van der Waals surface area contributed by atoms with Crippen molar-refractivity contribution in [1.82, 2.24) is 9.88 Å². The van der Waals surface area contributed by atoms with E-state index in [1.807, 2.05) is 24.3 Å². The molecule has 164 valence electrons. The van der Waals surface area contributed by atoms with Crippen LogP contribution >= 0.6 is 23.7 Å². The number of nitro groups is 1. The zero-order valence-electron chi connectivity index (χ0n) is 16.8. The molecule has 2 aromatic carbocycles. The van der Waals surface area contributed by atoms with Crippen molar-refractivity contribution in [2.24, 2.45) is 0 Å². The van der Waals surface area contributed by atoms with Gasteiger partial charge < -0.3 is 4.74 Å². The van der Waals surface area contributed by atoms with Crippen LogP contribution in [0.5, 0.6) is 0 Å². The average Bonchev–Trinajstić information content (AvgIpc) is 3.21. The average molecular weight is 463 g/mol. The molecule has 1 aliphatic rings. The zero-order valence-corrected chi connectivity index (χ0v) is 18.4. The van der Waals surface area contributed by atoms with Gasteiger partial charge in [0.1, 0.15) is 0 Å². The van der Waals surface area contributed by atoms with Crippen molar-refractivity contribution in [1.29, 1.82) is 0 Å². The van der Waals surface area contributed by atoms with Crippen LogP contribution in [0.15, 0.2) is 48.5 Å². The first-order valence-corrected chi connectivity index (χ1v) is 10.7. The molecule has 0 bridgehead atoms. The molecule has 0 radical (unpaired) electrons. The van der Waals surface area contributed by atoms with E-state index in [1.165, 1.54) is 35.6 Å². The van der Waals surface area contributed by atoms with Crippen LogP contribution in [0, 0.1) is 10.1 Å². The van der Waals surface area contributed by atoms with Gasteiger partial charge in [-0.05, 0) is 30.7 Å². The largest absolute Gasteiger partial charge is 0.379 e. The lowest BCUT2D eigenvalue weighted by atomic mass is 10.2. The summed E-state index contributed by atoms with van der Waals surface area (Å²) in [5, 5.41) is 11.6. The molecule has 0 aliphatic carbocycles. The highest BCUT2D eigenvalue weighted by Crippen LogP contribution is 2.30. The van der Waals surface area contributed by atoms with Crippen LogP contribution in [0.4, 0.5) is 10.8 Å². The van der Waals surface area contributed by atoms with Crippen molar-refractivity contribution in [2.45, 2.75) is 6.42 Å². The lowest BCUT2D eigenvalue weighted by Gasteiger charge is -2.27. The molecule has 31 heavy (non-hydrogen) atoms. The maximum absolute atomic E-state index is 13.3. The van der Waals surface area contributed by atoms with E-state index in [4.69, 9.17) is 4.74 Å². The van der Waals surface area contributed by atoms with Crippen LogP contribution in [-0.4, -0.2) is 60.1 Å². The highest BCUT2D eigenvalue weighted by Gasteiger charge is 2.22. The maximum Gasteiger partial charge on any atom is 0.269 e. The summed E-state index contributed by atoms with van der Waals surface area (Å²) in [5.41, 5.74) is 1.23. The second-order valence-electron chi connectivity index (χ2n) is 7.03. The molecule has 2 heterocycles. The number of thiazole rings is 1. The minimum atomic E-state index is -0.470. The lowest BCUT2D eigenvalue weighted by Crippen LogP contribution is -2.39. The predicted octanol–water partition coefficient (Wildman–Crippen LogP) is 4.00. The second-order valence-corrected chi connectivity index (χ2v) is 8.04. The standard InChI is InChI=1S/C21H22N4O4S.ClH/c26-20(16-6-8-17(9-7-16)25(27)28)24(11-3-10-23-12-14-29-15-13-23)21-22-18-4-1-2-5-19(18)30-21;/h1-2,4-9H,3,10-15H2;1H. The van der Waals surface area contributed by atoms with Crippen molar-refractivity contribution in [3.63, 3.8) is 0 Å². The fourth-order valence-electron chi connectivity index (χ4n) is 3.42. The van der Waals surface area contributed by atoms with E-state index in [0.29, 0.717) is 17.2 Å². The zero-order chi connectivity index (χ0) is 20.9. The topological polar surface area (TPSA) is 88.8 Å². The van der Waals surface area contributed by atoms with Crippen molar-refractivity contribution in [3.05, 3.63) is 64.2 Å². The summed E-state index contributed by atoms with van der Waals surface area (Å²) in [7, 11) is 0. The Labute approximate surface area is 190 Å². The monoisotopic (exact) mass is 462 g/mol. The van der Waals surface area contributed by atoms with Crippen LogP contribution < -0.4 is 4.90 Å². The van der Waals surface area contributed by atoms with E-state index in [0.717, 1.165) is 49.5 Å². The van der Waals surface area contributed by atoms with Crippen molar-refractivity contribution in [2.75, 3.05) is 44.3 Å². The number of benzene rings is 2. The number of hydrogen-bond acceptors (Lipinski definition) is 7. The normalized spacial score (nSPS) is 14.2. The van der Waals surface area contributed by atoms with E-state index >= 15 is 0 Å². The minimum Gasteiger partial charge on any atom is -0.379 e. The Morgan fingerprint density at radius 3 is 2.55 bits per heavy atom. The van der Waals surface area contributed by atoms with Gasteiger partial charge in [0.2, 0.25) is 0 Å². The van der Waals surface area contributed by atoms with Gasteiger partial charge in [-0.2, -0.15) is 0 Å². The Morgan fingerprint density at radius 2 is 1.87 bits per heavy atom. The molecule has 10 heteroatoms. The summed E-state index contributed by atoms with van der Waals surface area (Å²) in [6.45, 7) is 4.67. The van der Waals surface area contributed by atoms with Crippen molar-refractivity contribution < 1.29 is 14.5 Å². The van der Waals surface area contributed by atoms with Gasteiger partial charge in [-0.15, -0.1) is 12.4 Å². The van der Waals surface area contributed by atoms with Crippen LogP contribution in [-0.2, 0) is 4.74 Å². The number of para-hydroxylation sites is 1. The van der Waals surface area contributed by atoms with Gasteiger partial charge in [0.25, 0.3) is 11.6 Å². The number of nitrogens with zero attached hydrogens (tertiary/aromatic N) is 4. The molecular formula is C21H23ClN4O4S. The number of morpholine rings is 1. The molecule has 3 aromatic rings. The first kappa shape index (κ1) is 23.1. The molecule has 0 unspecified atom stereocenters. The molecule has 1 amide bonds. The SMILES string of the molecule is Cl.O=C(c1ccc([N+](=O)[O-])cc1)N(CCCN1CCOCC1)c1nc2ccccc2s1. The predicted molar refractivity (Wildman–Crippen MR) is 124 cm³/mol. The number of non-ortho nitro benzene ring substituents is 1. The van der Waals surface area contributed by atoms with Gasteiger partial charge in [-0.1, -0.05) is 23.5 Å². The van der Waals surface area contributed by atoms with Crippen LogP contribution in [0.2, 0.25) is 0 Å². The van der Waals surface area contributed by atoms with Crippen LogP contribution in [0.3, 0.4) is 0 Å². The number of anilines is 1. The number of ether oxygens (including phenoxy) is 1. The summed E-state index contributed by atoms with van der Waals surface area (Å²) in [5.74, 6) is -0.203. The summed E-state index contributed by atoms with van der Waals surface area (Å²) in [4.78, 5) is 32.4. The summed E-state index contributed by atoms with van der Waals surface area (Å²) >= 11 is 1.47. The smallest absolute Gasteiger partial charge is 0.269 e. The van der Waals surface area contributed by atoms with E-state index in [1.54, 1.807) is 4.90 Å². The maximum atomic E-state index is 13.3. The summed E-state index contributed by atoms with van der Waals surface area (Å²) in [6, 6.07) is 13.5. The molecule has 8 nitrogen and oxygen atoms in total. The third-order valence-electron chi connectivity index (χ3n) is 5.04. The van der Waals surface area contributed by atoms with Gasteiger partial charge in [0.15, 0.2) is 5.13 Å². The molecule has 1 aromatic heterocycles. The van der Waals surface area contributed by atoms with E-state index in [9.17, 15) is 14.9 Å². The molecule has 1 aliphatic heterocycles. The van der Waals surface area contributed by atoms with Gasteiger partial charge >= 0.3 is 0 Å². The van der Waals surface area contributed by atoms with Crippen molar-refractivity contribution in [3.8, 4) is 0 Å². The molecule has 0 atom stereocenters. The fourth-order valence-corrected chi connectivity index (χ4v) is 4.41. The number of amides is 1. The Morgan fingerprint density at radius 1 is 1.16 bits per heavy atom. The Bertz CT molecular complexity index is 1000. The minimum absolute atomic E-state index is 0. The molecule has 1 saturated heterocycles. The molecule has 0 N–H and O–H groups in total. The first-order valence-electron chi connectivity index (χ1n) is 9.84. The number of carbonyl (C=O) groups excluding carboxylic acids is 1. The summed E-state index contributed by atoms with van der Waals surface area (Å²) < 4.78 is 6.41. The quantitative estimate of drug-likeness (QED) is 0.389. The third-order valence-corrected chi connectivity index (χ3v) is 6.10. The van der Waals surface area contributed by atoms with E-state index in [2.05, 4.69) is 9.88 Å². The third kappa shape index (κ3) is 5.56. The number of aromatic nitrogens is 1. The molecule has 0 saturated carbocycles. The molecule has 1 fully saturated rings. The number of fused-ring (bicyclic) bond motifs is 1. The highest BCUT2D eigenvalue weighted by molar-refractivity contribution is 7.22. The first-order chi connectivity index (χ1) is 14.6. The van der Waals surface area contributed by atoms with E-state index < -0.39 is 4.92 Å². The number of hydrogen-bond donors (Lipinski definition) is 0. The number of nitro benzene ring substituents is 1. The van der Waals surface area contributed by atoms with Crippen LogP contribution in [0.1, 0.15) is 16.8 Å². The Hall–Kier alpha value is -2.59. The lowest BCUT2D eigenvalue weighted by molar-refractivity contribution is -0.384. The van der Waals surface area contributed by atoms with Gasteiger partial charge in [0, 0.05) is 43.9 Å². The molecule has 0 spiro atoms.